The van der Waals surface area contributed by atoms with E-state index < -0.39 is 41.8 Å². The summed E-state index contributed by atoms with van der Waals surface area (Å²) in [6, 6.07) is 0.141. The number of hydrogen-bond acceptors (Lipinski definition) is 3. The van der Waals surface area contributed by atoms with Crippen LogP contribution < -0.4 is 0 Å². The molecular formula is C13H12BrClF2N2O4. The summed E-state index contributed by atoms with van der Waals surface area (Å²) >= 11 is 8.52. The Morgan fingerprint density at radius 3 is 2.57 bits per heavy atom. The van der Waals surface area contributed by atoms with E-state index in [9.17, 15) is 23.5 Å². The molecule has 1 aromatic carbocycles. The molecule has 1 atom stereocenters. The van der Waals surface area contributed by atoms with Crippen molar-refractivity contribution >= 4 is 39.5 Å². The Kier molecular flexibility index (Phi) is 5.43. The Hall–Kier alpha value is -1.45. The number of halogens is 4. The summed E-state index contributed by atoms with van der Waals surface area (Å²) in [5.74, 6) is -3.51. The third kappa shape index (κ3) is 3.41. The van der Waals surface area contributed by atoms with Crippen LogP contribution in [0.15, 0.2) is 10.5 Å². The molecular weight excluding hydrogens is 402 g/mol. The molecule has 1 fully saturated rings. The van der Waals surface area contributed by atoms with E-state index in [1.54, 1.807) is 0 Å². The van der Waals surface area contributed by atoms with E-state index in [4.69, 9.17) is 16.7 Å². The van der Waals surface area contributed by atoms with Crippen LogP contribution in [-0.2, 0) is 0 Å². The van der Waals surface area contributed by atoms with Crippen molar-refractivity contribution in [3.8, 4) is 0 Å². The zero-order valence-corrected chi connectivity index (χ0v) is 13.9. The zero-order chi connectivity index (χ0) is 17.3. The van der Waals surface area contributed by atoms with Crippen molar-refractivity contribution < 1.29 is 28.6 Å². The fourth-order valence-electron chi connectivity index (χ4n) is 2.34. The van der Waals surface area contributed by atoms with Gasteiger partial charge in [-0.05, 0) is 22.0 Å². The SMILES string of the molecule is O=C(O)N1CCN(C(=O)c2cc(Cl)c(Br)c(F)c2F)[C@@H](CO)C1. The third-order valence-electron chi connectivity index (χ3n) is 3.56. The number of carbonyl (C=O) groups excluding carboxylic acids is 1. The summed E-state index contributed by atoms with van der Waals surface area (Å²) in [5.41, 5.74) is -0.571. The first-order chi connectivity index (χ1) is 10.8. The van der Waals surface area contributed by atoms with Crippen LogP contribution in [0, 0.1) is 11.6 Å². The van der Waals surface area contributed by atoms with Gasteiger partial charge < -0.3 is 20.0 Å². The molecule has 6 nitrogen and oxygen atoms in total. The average Bonchev–Trinajstić information content (AvgIpc) is 2.54. The van der Waals surface area contributed by atoms with Crippen molar-refractivity contribution in [1.29, 1.82) is 0 Å². The van der Waals surface area contributed by atoms with E-state index in [-0.39, 0.29) is 29.1 Å². The second-order valence-electron chi connectivity index (χ2n) is 4.91. The minimum atomic E-state index is -1.36. The lowest BCUT2D eigenvalue weighted by Crippen LogP contribution is -2.57. The van der Waals surface area contributed by atoms with Crippen LogP contribution in [-0.4, -0.2) is 64.3 Å². The van der Waals surface area contributed by atoms with E-state index in [0.717, 1.165) is 15.9 Å². The smallest absolute Gasteiger partial charge is 0.407 e. The van der Waals surface area contributed by atoms with Crippen LogP contribution in [0.5, 0.6) is 0 Å². The molecule has 0 bridgehead atoms. The van der Waals surface area contributed by atoms with E-state index in [1.807, 2.05) is 0 Å². The van der Waals surface area contributed by atoms with Crippen LogP contribution in [0.25, 0.3) is 0 Å². The fourth-order valence-corrected chi connectivity index (χ4v) is 2.82. The molecule has 1 heterocycles. The summed E-state index contributed by atoms with van der Waals surface area (Å²) < 4.78 is 27.4. The summed E-state index contributed by atoms with van der Waals surface area (Å²) in [4.78, 5) is 25.6. The Morgan fingerprint density at radius 2 is 2.00 bits per heavy atom. The Morgan fingerprint density at radius 1 is 1.35 bits per heavy atom. The van der Waals surface area contributed by atoms with E-state index in [0.29, 0.717) is 0 Å². The molecule has 0 saturated carbocycles. The number of carbonyl (C=O) groups is 2. The van der Waals surface area contributed by atoms with Crippen molar-refractivity contribution in [2.75, 3.05) is 26.2 Å². The predicted molar refractivity (Wildman–Crippen MR) is 80.6 cm³/mol. The first-order valence-corrected chi connectivity index (χ1v) is 7.67. The van der Waals surface area contributed by atoms with Crippen LogP contribution >= 0.6 is 27.5 Å². The van der Waals surface area contributed by atoms with Gasteiger partial charge >= 0.3 is 6.09 Å². The van der Waals surface area contributed by atoms with E-state index >= 15 is 0 Å². The fraction of sp³-hybridized carbons (Fsp3) is 0.385. The predicted octanol–water partition coefficient (Wildman–Crippen LogP) is 2.18. The van der Waals surface area contributed by atoms with Gasteiger partial charge in [-0.15, -0.1) is 0 Å². The monoisotopic (exact) mass is 412 g/mol. The van der Waals surface area contributed by atoms with E-state index in [1.165, 1.54) is 0 Å². The van der Waals surface area contributed by atoms with Gasteiger partial charge in [0.15, 0.2) is 11.6 Å². The van der Waals surface area contributed by atoms with Gasteiger partial charge in [0.1, 0.15) is 0 Å². The number of benzene rings is 1. The standard InChI is InChI=1S/C13H12BrClF2N2O4/c14-9-8(15)3-7(10(16)11(9)17)12(21)19-2-1-18(13(22)23)4-6(19)5-20/h3,6,20H,1-2,4-5H2,(H,22,23)/t6-/m1/s1. The van der Waals surface area contributed by atoms with Gasteiger partial charge in [-0.3, -0.25) is 4.79 Å². The second kappa shape index (κ2) is 6.98. The number of rotatable bonds is 2. The van der Waals surface area contributed by atoms with Gasteiger partial charge in [-0.2, -0.15) is 0 Å². The second-order valence-corrected chi connectivity index (χ2v) is 6.11. The first-order valence-electron chi connectivity index (χ1n) is 6.50. The largest absolute Gasteiger partial charge is 0.465 e. The molecule has 2 amide bonds. The van der Waals surface area contributed by atoms with Crippen molar-refractivity contribution in [3.05, 3.63) is 32.8 Å². The molecule has 0 aliphatic carbocycles. The maximum Gasteiger partial charge on any atom is 0.407 e. The highest BCUT2D eigenvalue weighted by Gasteiger charge is 2.34. The molecule has 1 aliphatic heterocycles. The summed E-state index contributed by atoms with van der Waals surface area (Å²) in [6.45, 7) is -0.674. The third-order valence-corrected chi connectivity index (χ3v) is 4.86. The van der Waals surface area contributed by atoms with Gasteiger partial charge in [0, 0.05) is 19.6 Å². The van der Waals surface area contributed by atoms with Gasteiger partial charge in [0.2, 0.25) is 0 Å². The molecule has 23 heavy (non-hydrogen) atoms. The molecule has 2 N–H and O–H groups in total. The minimum Gasteiger partial charge on any atom is -0.465 e. The highest BCUT2D eigenvalue weighted by molar-refractivity contribution is 9.10. The van der Waals surface area contributed by atoms with Crippen molar-refractivity contribution in [1.82, 2.24) is 9.80 Å². The minimum absolute atomic E-state index is 0.00589. The Labute approximate surface area is 143 Å². The summed E-state index contributed by atoms with van der Waals surface area (Å²) in [5, 5.41) is 18.1. The lowest BCUT2D eigenvalue weighted by Gasteiger charge is -2.39. The van der Waals surface area contributed by atoms with Crippen molar-refractivity contribution in [2.24, 2.45) is 0 Å². The molecule has 0 spiro atoms. The van der Waals surface area contributed by atoms with Crippen LogP contribution in [0.3, 0.4) is 0 Å². The maximum absolute atomic E-state index is 14.0. The number of hydrogen-bond donors (Lipinski definition) is 2. The van der Waals surface area contributed by atoms with E-state index in [2.05, 4.69) is 15.9 Å². The molecule has 0 radical (unpaired) electrons. The number of piperazine rings is 1. The van der Waals surface area contributed by atoms with Crippen LogP contribution in [0.1, 0.15) is 10.4 Å². The molecule has 1 saturated heterocycles. The molecule has 1 aliphatic rings. The highest BCUT2D eigenvalue weighted by atomic mass is 79.9. The van der Waals surface area contributed by atoms with Gasteiger partial charge in [-0.25, -0.2) is 13.6 Å². The van der Waals surface area contributed by atoms with Crippen LogP contribution in [0.4, 0.5) is 13.6 Å². The number of amides is 2. The van der Waals surface area contributed by atoms with Gasteiger partial charge in [-0.1, -0.05) is 11.6 Å². The molecule has 1 aromatic rings. The lowest BCUT2D eigenvalue weighted by molar-refractivity contribution is 0.0306. The number of aliphatic hydroxyl groups is 1. The van der Waals surface area contributed by atoms with Gasteiger partial charge in [0.05, 0.1) is 27.7 Å². The quantitative estimate of drug-likeness (QED) is 0.575. The number of aliphatic hydroxyl groups excluding tert-OH is 1. The maximum atomic E-state index is 14.0. The van der Waals surface area contributed by atoms with Crippen LogP contribution in [0.2, 0.25) is 5.02 Å². The number of nitrogens with zero attached hydrogens (tertiary/aromatic N) is 2. The zero-order valence-electron chi connectivity index (χ0n) is 11.6. The first kappa shape index (κ1) is 17.9. The summed E-state index contributed by atoms with van der Waals surface area (Å²) in [7, 11) is 0. The normalized spacial score (nSPS) is 18.2. The Bertz CT molecular complexity index is 661. The topological polar surface area (TPSA) is 81.1 Å². The lowest BCUT2D eigenvalue weighted by atomic mass is 10.1. The molecule has 126 valence electrons. The van der Waals surface area contributed by atoms with Crippen molar-refractivity contribution in [2.45, 2.75) is 6.04 Å². The van der Waals surface area contributed by atoms with Gasteiger partial charge in [0.25, 0.3) is 5.91 Å². The Balaban J connectivity index is 2.32. The summed E-state index contributed by atoms with van der Waals surface area (Å²) in [6.07, 6.45) is -1.18. The number of carboxylic acid groups (broad SMARTS) is 1. The molecule has 0 unspecified atom stereocenters. The highest BCUT2D eigenvalue weighted by Crippen LogP contribution is 2.30. The molecule has 10 heteroatoms. The van der Waals surface area contributed by atoms with Crippen molar-refractivity contribution in [3.63, 3.8) is 0 Å². The molecule has 2 rings (SSSR count). The average molecular weight is 414 g/mol. The molecule has 0 aromatic heterocycles.